The predicted molar refractivity (Wildman–Crippen MR) is 432 cm³/mol. The summed E-state index contributed by atoms with van der Waals surface area (Å²) in [5.41, 5.74) is 30.9. The molecule has 0 bridgehead atoms. The summed E-state index contributed by atoms with van der Waals surface area (Å²) in [6.07, 6.45) is 1.91. The van der Waals surface area contributed by atoms with Crippen LogP contribution in [0, 0.1) is 0 Å². The molecule has 20 aromatic rings. The smallest absolute Gasteiger partial charge is 0.0641 e. The largest absolute Gasteiger partial charge is 0.309 e. The summed E-state index contributed by atoms with van der Waals surface area (Å²) < 4.78 is 9.99. The highest BCUT2D eigenvalue weighted by atomic mass is 15.0. The number of hydrogen-bond donors (Lipinski definition) is 0. The second kappa shape index (κ2) is 23.9. The highest BCUT2D eigenvalue weighted by Crippen LogP contribution is 2.47. The minimum atomic E-state index is 1.08. The number of aromatic nitrogens is 4. The molecule has 20 rings (SSSR count). The van der Waals surface area contributed by atoms with Gasteiger partial charge in [-0.1, -0.05) is 267 Å². The molecule has 476 valence electrons. The van der Waals surface area contributed by atoms with E-state index >= 15 is 0 Å². The summed E-state index contributed by atoms with van der Waals surface area (Å²) in [7, 11) is 0. The zero-order chi connectivity index (χ0) is 67.4. The van der Waals surface area contributed by atoms with Crippen LogP contribution in [-0.2, 0) is 0 Å². The van der Waals surface area contributed by atoms with Crippen molar-refractivity contribution in [3.63, 3.8) is 0 Å². The quantitative estimate of drug-likeness (QED) is 0.116. The van der Waals surface area contributed by atoms with Crippen LogP contribution in [0.4, 0.5) is 0 Å². The Kier molecular flexibility index (Phi) is 13.7. The molecule has 0 saturated carbocycles. The van der Waals surface area contributed by atoms with Crippen LogP contribution in [0.2, 0.25) is 0 Å². The molecule has 0 aliphatic heterocycles. The first-order valence-corrected chi connectivity index (χ1v) is 35.1. The van der Waals surface area contributed by atoms with E-state index in [2.05, 4.69) is 395 Å². The van der Waals surface area contributed by atoms with Gasteiger partial charge in [0, 0.05) is 65.8 Å². The predicted octanol–water partition coefficient (Wildman–Crippen LogP) is 26.4. The maximum atomic E-state index is 4.07. The van der Waals surface area contributed by atoms with Crippen molar-refractivity contribution in [3.8, 4) is 101 Å². The van der Waals surface area contributed by atoms with Gasteiger partial charge in [0.2, 0.25) is 0 Å². The van der Waals surface area contributed by atoms with Crippen molar-refractivity contribution in [2.45, 2.75) is 0 Å². The number of para-hydroxylation sites is 4. The van der Waals surface area contributed by atoms with Gasteiger partial charge in [-0.25, -0.2) is 0 Å². The normalized spacial score (nSPS) is 11.8. The Hall–Kier alpha value is -13.5. The van der Waals surface area contributed by atoms with Crippen molar-refractivity contribution < 1.29 is 0 Å². The molecule has 16 aromatic carbocycles. The fraction of sp³-hybridized carbons (Fsp3) is 0. The zero-order valence-corrected chi connectivity index (χ0v) is 55.8. The Morgan fingerprint density at radius 3 is 0.892 bits per heavy atom. The van der Waals surface area contributed by atoms with Crippen LogP contribution in [0.1, 0.15) is 5.56 Å². The summed E-state index contributed by atoms with van der Waals surface area (Å²) in [5.74, 6) is 0. The van der Waals surface area contributed by atoms with Gasteiger partial charge >= 0.3 is 0 Å². The number of rotatable bonds is 12. The van der Waals surface area contributed by atoms with Crippen LogP contribution < -0.4 is 0 Å². The number of fused-ring (bicyclic) bond motifs is 14. The van der Waals surface area contributed by atoms with Crippen LogP contribution in [-0.4, -0.2) is 18.3 Å². The SMILES string of the molecule is C=Cc1ccc(-n2c3ccccc3c3c2ccc2c4ccccc4n(-c4cc(-c5cccc(-c6ccccc6)c5)cc(-c5cccc(-c6cc(-c7ccccc7)cc(-n7c8ccccc8c8ccc9c(c%10ccccc%10n9-c9cccc(-c%10cccc(-c%11ccccc%11)c%10)c9)c87)c6)c5)c4)c23)cc1. The minimum absolute atomic E-state index is 1.08. The monoisotopic (exact) mass is 1300 g/mol. The van der Waals surface area contributed by atoms with E-state index in [1.165, 1.54) is 87.5 Å². The second-order valence-corrected chi connectivity index (χ2v) is 26.8. The van der Waals surface area contributed by atoms with Gasteiger partial charge < -0.3 is 18.3 Å². The lowest BCUT2D eigenvalue weighted by molar-refractivity contribution is 1.17. The fourth-order valence-corrected chi connectivity index (χ4v) is 16.4. The molecule has 4 nitrogen and oxygen atoms in total. The Labute approximate surface area is 590 Å². The first kappa shape index (κ1) is 58.6. The molecule has 0 spiro atoms. The van der Waals surface area contributed by atoms with E-state index in [4.69, 9.17) is 0 Å². The van der Waals surface area contributed by atoms with Crippen LogP contribution in [0.15, 0.2) is 377 Å². The Morgan fingerprint density at radius 2 is 0.471 bits per heavy atom. The molecule has 0 fully saturated rings. The molecule has 0 atom stereocenters. The Balaban J connectivity index is 0.791. The van der Waals surface area contributed by atoms with Gasteiger partial charge in [-0.05, 0) is 199 Å². The van der Waals surface area contributed by atoms with E-state index < -0.39 is 0 Å². The molecule has 4 aromatic heterocycles. The fourth-order valence-electron chi connectivity index (χ4n) is 16.4. The maximum Gasteiger partial charge on any atom is 0.0641 e. The van der Waals surface area contributed by atoms with E-state index in [1.54, 1.807) is 0 Å². The summed E-state index contributed by atoms with van der Waals surface area (Å²) in [6, 6.07) is 137. The van der Waals surface area contributed by atoms with E-state index in [0.717, 1.165) is 106 Å². The van der Waals surface area contributed by atoms with Gasteiger partial charge in [-0.15, -0.1) is 0 Å². The molecular formula is C98H64N4. The third-order valence-corrected chi connectivity index (χ3v) is 21.0. The molecule has 0 radical (unpaired) electrons. The topological polar surface area (TPSA) is 19.7 Å². The molecule has 102 heavy (non-hydrogen) atoms. The van der Waals surface area contributed by atoms with Crippen LogP contribution in [0.3, 0.4) is 0 Å². The minimum Gasteiger partial charge on any atom is -0.309 e. The lowest BCUT2D eigenvalue weighted by Crippen LogP contribution is -1.98. The third-order valence-electron chi connectivity index (χ3n) is 21.0. The van der Waals surface area contributed by atoms with Gasteiger partial charge in [0.05, 0.1) is 44.1 Å². The Morgan fingerprint density at radius 1 is 0.176 bits per heavy atom. The van der Waals surface area contributed by atoms with Crippen molar-refractivity contribution in [1.82, 2.24) is 18.3 Å². The lowest BCUT2D eigenvalue weighted by Gasteiger charge is -2.17. The Bertz CT molecular complexity index is 6740. The molecule has 4 heteroatoms. The zero-order valence-electron chi connectivity index (χ0n) is 55.8. The van der Waals surface area contributed by atoms with Crippen molar-refractivity contribution in [3.05, 3.63) is 382 Å². The van der Waals surface area contributed by atoms with E-state index in [-0.39, 0.29) is 0 Å². The summed E-state index contributed by atoms with van der Waals surface area (Å²) in [4.78, 5) is 0. The van der Waals surface area contributed by atoms with Crippen molar-refractivity contribution in [2.75, 3.05) is 0 Å². The molecule has 0 unspecified atom stereocenters. The lowest BCUT2D eigenvalue weighted by atomic mass is 9.93. The van der Waals surface area contributed by atoms with Crippen molar-refractivity contribution in [1.29, 1.82) is 0 Å². The van der Waals surface area contributed by atoms with Crippen LogP contribution in [0.5, 0.6) is 0 Å². The second-order valence-electron chi connectivity index (χ2n) is 26.8. The highest BCUT2D eigenvalue weighted by Gasteiger charge is 2.25. The molecule has 0 saturated heterocycles. The molecular weight excluding hydrogens is 1230 g/mol. The summed E-state index contributed by atoms with van der Waals surface area (Å²) in [6.45, 7) is 4.07. The van der Waals surface area contributed by atoms with Crippen LogP contribution in [0.25, 0.3) is 194 Å². The van der Waals surface area contributed by atoms with E-state index in [0.29, 0.717) is 0 Å². The number of benzene rings is 16. The van der Waals surface area contributed by atoms with Crippen molar-refractivity contribution >= 4 is 93.3 Å². The molecule has 0 aliphatic rings. The van der Waals surface area contributed by atoms with Gasteiger partial charge in [0.1, 0.15) is 0 Å². The standard InChI is InChI=1S/C98H64N4/c1-2-64-46-48-79(49-47-64)99-91-44-18-14-40-87(91)95-93(99)52-50-85-83-38-13-17-43-90(83)102(97(85)95)82-62-77(71-33-21-31-69(55-71)66-26-8-4-9-27-66)58-78(63-82)73-35-22-34-72(56-73)76-57-75(67-28-10-5-11-29-67)60-81(61-76)101-89-42-16-12-39-84(89)86-51-53-94-96(98(86)101)88-41-15-19-45-92(88)100(94)80-37-23-36-74(59-80)70-32-20-30-68(54-70)65-24-6-3-7-25-65/h2-63H,1H2. The van der Waals surface area contributed by atoms with Gasteiger partial charge in [-0.2, -0.15) is 0 Å². The summed E-state index contributed by atoms with van der Waals surface area (Å²) >= 11 is 0. The van der Waals surface area contributed by atoms with E-state index in [1.807, 2.05) is 6.08 Å². The highest BCUT2D eigenvalue weighted by molar-refractivity contribution is 6.28. The van der Waals surface area contributed by atoms with Gasteiger partial charge in [-0.3, -0.25) is 0 Å². The number of hydrogen-bond acceptors (Lipinski definition) is 0. The molecule has 0 aliphatic carbocycles. The first-order valence-electron chi connectivity index (χ1n) is 35.1. The van der Waals surface area contributed by atoms with Crippen molar-refractivity contribution in [2.24, 2.45) is 0 Å². The van der Waals surface area contributed by atoms with Gasteiger partial charge in [0.15, 0.2) is 0 Å². The van der Waals surface area contributed by atoms with Gasteiger partial charge in [0.25, 0.3) is 0 Å². The average Bonchev–Trinajstić information content (AvgIpc) is 1.55. The number of nitrogens with zero attached hydrogens (tertiary/aromatic N) is 4. The summed E-state index contributed by atoms with van der Waals surface area (Å²) in [5, 5.41) is 9.65. The average molecular weight is 1300 g/mol. The van der Waals surface area contributed by atoms with Crippen LogP contribution >= 0.6 is 0 Å². The third kappa shape index (κ3) is 9.60. The molecule has 0 N–H and O–H groups in total. The maximum absolute atomic E-state index is 4.07. The first-order chi connectivity index (χ1) is 50.5. The van der Waals surface area contributed by atoms with E-state index in [9.17, 15) is 0 Å². The molecule has 4 heterocycles. The molecule has 0 amide bonds.